The third-order valence-corrected chi connectivity index (χ3v) is 5.15. The SMILES string of the molecule is Cc1cc2cccc3c4cccc5cccc(c(c1C)c23)c54. The highest BCUT2D eigenvalue weighted by molar-refractivity contribution is 6.33. The molecular formula is C22H16. The first kappa shape index (κ1) is 12.0. The van der Waals surface area contributed by atoms with Crippen molar-refractivity contribution in [2.75, 3.05) is 0 Å². The van der Waals surface area contributed by atoms with Crippen molar-refractivity contribution in [1.82, 2.24) is 0 Å². The van der Waals surface area contributed by atoms with Gasteiger partial charge in [0, 0.05) is 0 Å². The normalized spacial score (nSPS) is 12.1. The highest BCUT2D eigenvalue weighted by atomic mass is 14.2. The molecule has 0 saturated carbocycles. The Bertz CT molecular complexity index is 1170. The summed E-state index contributed by atoms with van der Waals surface area (Å²) in [5.74, 6) is 0. The largest absolute Gasteiger partial charge is 0.0610 e. The Morgan fingerprint density at radius 1 is 0.545 bits per heavy atom. The molecule has 0 N–H and O–H groups in total. The zero-order chi connectivity index (χ0) is 14.8. The monoisotopic (exact) mass is 280 g/mol. The topological polar surface area (TPSA) is 0 Å². The van der Waals surface area contributed by atoms with Crippen LogP contribution in [0.2, 0.25) is 0 Å². The summed E-state index contributed by atoms with van der Waals surface area (Å²) in [6.07, 6.45) is 0. The van der Waals surface area contributed by atoms with E-state index in [1.54, 1.807) is 0 Å². The molecule has 0 nitrogen and oxygen atoms in total. The van der Waals surface area contributed by atoms with Gasteiger partial charge < -0.3 is 0 Å². The molecule has 5 aromatic rings. The Morgan fingerprint density at radius 2 is 1.14 bits per heavy atom. The van der Waals surface area contributed by atoms with Crippen molar-refractivity contribution in [1.29, 1.82) is 0 Å². The van der Waals surface area contributed by atoms with E-state index in [2.05, 4.69) is 74.5 Å². The van der Waals surface area contributed by atoms with Gasteiger partial charge in [-0.1, -0.05) is 60.7 Å². The number of rotatable bonds is 0. The van der Waals surface area contributed by atoms with Crippen LogP contribution in [0.5, 0.6) is 0 Å². The summed E-state index contributed by atoms with van der Waals surface area (Å²) in [6.45, 7) is 4.48. The van der Waals surface area contributed by atoms with Crippen molar-refractivity contribution in [3.63, 3.8) is 0 Å². The van der Waals surface area contributed by atoms with Crippen molar-refractivity contribution in [3.05, 3.63) is 71.8 Å². The van der Waals surface area contributed by atoms with Crippen LogP contribution in [-0.2, 0) is 0 Å². The third-order valence-electron chi connectivity index (χ3n) is 5.15. The quantitative estimate of drug-likeness (QED) is 0.229. The van der Waals surface area contributed by atoms with Crippen LogP contribution in [0, 0.1) is 13.8 Å². The van der Waals surface area contributed by atoms with Gasteiger partial charge >= 0.3 is 0 Å². The van der Waals surface area contributed by atoms with E-state index >= 15 is 0 Å². The maximum Gasteiger partial charge on any atom is -0.00235 e. The number of benzene rings is 5. The lowest BCUT2D eigenvalue weighted by molar-refractivity contribution is 1.40. The summed E-state index contributed by atoms with van der Waals surface area (Å²) in [5, 5.41) is 11.1. The van der Waals surface area contributed by atoms with Crippen molar-refractivity contribution >= 4 is 43.1 Å². The standard InChI is InChI=1S/C22H16/c1-13-12-16-8-5-10-18-17-9-3-6-15-7-4-11-19(21(15)17)20(14(13)2)22(16)18/h3-12H,1-2H3. The summed E-state index contributed by atoms with van der Waals surface area (Å²) in [5.41, 5.74) is 2.78. The molecule has 0 aliphatic carbocycles. The second kappa shape index (κ2) is 3.98. The van der Waals surface area contributed by atoms with Crippen LogP contribution in [0.3, 0.4) is 0 Å². The maximum atomic E-state index is 2.33. The highest BCUT2D eigenvalue weighted by Gasteiger charge is 2.14. The average molecular weight is 280 g/mol. The van der Waals surface area contributed by atoms with Gasteiger partial charge in [-0.05, 0) is 68.1 Å². The molecule has 0 atom stereocenters. The predicted octanol–water partition coefficient (Wildman–Crippen LogP) is 6.35. The van der Waals surface area contributed by atoms with Gasteiger partial charge in [-0.3, -0.25) is 0 Å². The van der Waals surface area contributed by atoms with Gasteiger partial charge in [-0.25, -0.2) is 0 Å². The first-order chi connectivity index (χ1) is 10.8. The Labute approximate surface area is 129 Å². The summed E-state index contributed by atoms with van der Waals surface area (Å²) in [6, 6.07) is 22.4. The van der Waals surface area contributed by atoms with E-state index in [0.717, 1.165) is 0 Å². The van der Waals surface area contributed by atoms with Gasteiger partial charge in [0.05, 0.1) is 0 Å². The van der Waals surface area contributed by atoms with Crippen LogP contribution < -0.4 is 0 Å². The van der Waals surface area contributed by atoms with Crippen LogP contribution in [0.15, 0.2) is 60.7 Å². The Hall–Kier alpha value is -2.60. The molecule has 0 aliphatic rings. The van der Waals surface area contributed by atoms with Crippen LogP contribution in [0.1, 0.15) is 11.1 Å². The number of hydrogen-bond donors (Lipinski definition) is 0. The lowest BCUT2D eigenvalue weighted by atomic mass is 9.86. The van der Waals surface area contributed by atoms with E-state index < -0.39 is 0 Å². The van der Waals surface area contributed by atoms with Crippen LogP contribution in [-0.4, -0.2) is 0 Å². The van der Waals surface area contributed by atoms with E-state index in [0.29, 0.717) is 0 Å². The lowest BCUT2D eigenvalue weighted by Crippen LogP contribution is -1.91. The van der Waals surface area contributed by atoms with Crippen molar-refractivity contribution < 1.29 is 0 Å². The average Bonchev–Trinajstić information content (AvgIpc) is 2.55. The fourth-order valence-corrected chi connectivity index (χ4v) is 4.03. The molecule has 0 heteroatoms. The van der Waals surface area contributed by atoms with Crippen LogP contribution >= 0.6 is 0 Å². The molecule has 0 unspecified atom stereocenters. The molecule has 22 heavy (non-hydrogen) atoms. The molecule has 5 rings (SSSR count). The third kappa shape index (κ3) is 1.33. The zero-order valence-electron chi connectivity index (χ0n) is 12.8. The zero-order valence-corrected chi connectivity index (χ0v) is 12.8. The summed E-state index contributed by atoms with van der Waals surface area (Å²) < 4.78 is 0. The molecule has 0 aliphatic heterocycles. The summed E-state index contributed by atoms with van der Waals surface area (Å²) in [4.78, 5) is 0. The Balaban J connectivity index is 2.31. The van der Waals surface area contributed by atoms with Gasteiger partial charge in [0.15, 0.2) is 0 Å². The number of aryl methyl sites for hydroxylation is 2. The van der Waals surface area contributed by atoms with Gasteiger partial charge in [-0.15, -0.1) is 0 Å². The van der Waals surface area contributed by atoms with E-state index in [-0.39, 0.29) is 0 Å². The molecule has 0 bridgehead atoms. The first-order valence-corrected chi connectivity index (χ1v) is 7.81. The van der Waals surface area contributed by atoms with Crippen LogP contribution in [0.25, 0.3) is 43.1 Å². The highest BCUT2D eigenvalue weighted by Crippen LogP contribution is 2.41. The molecule has 0 fully saturated rings. The minimum atomic E-state index is 1.33. The van der Waals surface area contributed by atoms with Crippen molar-refractivity contribution in [2.45, 2.75) is 13.8 Å². The number of hydrogen-bond acceptors (Lipinski definition) is 0. The minimum Gasteiger partial charge on any atom is -0.0610 e. The molecule has 0 radical (unpaired) electrons. The first-order valence-electron chi connectivity index (χ1n) is 7.81. The molecular weight excluding hydrogens is 264 g/mol. The second-order valence-corrected chi connectivity index (χ2v) is 6.31. The Kier molecular flexibility index (Phi) is 2.17. The fraction of sp³-hybridized carbons (Fsp3) is 0.0909. The molecule has 0 amide bonds. The number of fused-ring (bicyclic) bond motifs is 2. The summed E-state index contributed by atoms with van der Waals surface area (Å²) in [7, 11) is 0. The van der Waals surface area contributed by atoms with Gasteiger partial charge in [0.2, 0.25) is 0 Å². The smallest absolute Gasteiger partial charge is 0.00235 e. The van der Waals surface area contributed by atoms with E-state index in [9.17, 15) is 0 Å². The molecule has 5 aromatic carbocycles. The molecule has 0 saturated heterocycles. The molecule has 0 aromatic heterocycles. The minimum absolute atomic E-state index is 1.33. The maximum absolute atomic E-state index is 2.33. The van der Waals surface area contributed by atoms with E-state index in [1.807, 2.05) is 0 Å². The van der Waals surface area contributed by atoms with E-state index in [1.165, 1.54) is 54.2 Å². The van der Waals surface area contributed by atoms with Gasteiger partial charge in [-0.2, -0.15) is 0 Å². The van der Waals surface area contributed by atoms with Gasteiger partial charge in [0.1, 0.15) is 0 Å². The molecule has 0 heterocycles. The lowest BCUT2D eigenvalue weighted by Gasteiger charge is -2.17. The van der Waals surface area contributed by atoms with Crippen molar-refractivity contribution in [2.24, 2.45) is 0 Å². The molecule has 0 spiro atoms. The fourth-order valence-electron chi connectivity index (χ4n) is 4.03. The van der Waals surface area contributed by atoms with Gasteiger partial charge in [0.25, 0.3) is 0 Å². The predicted molar refractivity (Wildman–Crippen MR) is 97.1 cm³/mol. The van der Waals surface area contributed by atoms with Crippen molar-refractivity contribution in [3.8, 4) is 0 Å². The summed E-state index contributed by atoms with van der Waals surface area (Å²) >= 11 is 0. The van der Waals surface area contributed by atoms with E-state index in [4.69, 9.17) is 0 Å². The molecule has 104 valence electrons. The second-order valence-electron chi connectivity index (χ2n) is 6.31. The van der Waals surface area contributed by atoms with Crippen LogP contribution in [0.4, 0.5) is 0 Å². The Morgan fingerprint density at radius 3 is 1.86 bits per heavy atom.